The Morgan fingerprint density at radius 2 is 1.80 bits per heavy atom. The Labute approximate surface area is 118 Å². The lowest BCUT2D eigenvalue weighted by Crippen LogP contribution is -2.30. The quantitative estimate of drug-likeness (QED) is 0.787. The van der Waals surface area contributed by atoms with Crippen molar-refractivity contribution in [3.63, 3.8) is 0 Å². The van der Waals surface area contributed by atoms with E-state index < -0.39 is 0 Å². The molecule has 2 rings (SSSR count). The molecule has 1 aromatic rings. The molecule has 108 valence electrons. The average Bonchev–Trinajstić information content (AvgIpc) is 2.87. The number of hydrogen-bond donors (Lipinski definition) is 0. The van der Waals surface area contributed by atoms with Crippen LogP contribution >= 0.6 is 0 Å². The number of ether oxygens (including phenoxy) is 2. The third kappa shape index (κ3) is 2.76. The number of benzene rings is 1. The van der Waals surface area contributed by atoms with Gasteiger partial charge in [0.2, 0.25) is 0 Å². The van der Waals surface area contributed by atoms with E-state index >= 15 is 0 Å². The molecule has 1 aliphatic heterocycles. The zero-order valence-electron chi connectivity index (χ0n) is 12.0. The highest BCUT2D eigenvalue weighted by Gasteiger charge is 2.37. The van der Waals surface area contributed by atoms with Crippen molar-refractivity contribution in [1.29, 1.82) is 0 Å². The van der Waals surface area contributed by atoms with Crippen molar-refractivity contribution in [3.05, 3.63) is 29.8 Å². The normalized spacial score (nSPS) is 21.6. The molecule has 0 aliphatic carbocycles. The number of likely N-dealkylation sites (tertiary alicyclic amines) is 1. The molecule has 5 heteroatoms. The Kier molecular flexibility index (Phi) is 4.27. The second-order valence-electron chi connectivity index (χ2n) is 5.05. The Balaban J connectivity index is 2.08. The van der Waals surface area contributed by atoms with Crippen LogP contribution in [0.2, 0.25) is 0 Å². The molecule has 1 aliphatic rings. The summed E-state index contributed by atoms with van der Waals surface area (Å²) in [6.45, 7) is 2.95. The van der Waals surface area contributed by atoms with Gasteiger partial charge in [0.25, 0.3) is 5.91 Å². The summed E-state index contributed by atoms with van der Waals surface area (Å²) in [4.78, 5) is 25.7. The predicted octanol–water partition coefficient (Wildman–Crippen LogP) is 1.58. The van der Waals surface area contributed by atoms with E-state index in [9.17, 15) is 9.59 Å². The maximum Gasteiger partial charge on any atom is 0.310 e. The number of esters is 1. The van der Waals surface area contributed by atoms with E-state index in [1.807, 2.05) is 6.92 Å². The van der Waals surface area contributed by atoms with Crippen LogP contribution in [0.4, 0.5) is 0 Å². The molecule has 0 radical (unpaired) electrons. The zero-order chi connectivity index (χ0) is 14.7. The Morgan fingerprint density at radius 3 is 2.35 bits per heavy atom. The van der Waals surface area contributed by atoms with Gasteiger partial charge in [0, 0.05) is 18.7 Å². The molecule has 5 nitrogen and oxygen atoms in total. The summed E-state index contributed by atoms with van der Waals surface area (Å²) in [5.41, 5.74) is 0.600. The van der Waals surface area contributed by atoms with Crippen LogP contribution in [0.25, 0.3) is 0 Å². The lowest BCUT2D eigenvalue weighted by Gasteiger charge is -2.16. The van der Waals surface area contributed by atoms with E-state index in [2.05, 4.69) is 0 Å². The van der Waals surface area contributed by atoms with Crippen molar-refractivity contribution in [2.24, 2.45) is 11.8 Å². The van der Waals surface area contributed by atoms with Crippen LogP contribution in [0, 0.1) is 11.8 Å². The number of nitrogens with zero attached hydrogens (tertiary/aromatic N) is 1. The molecular weight excluding hydrogens is 258 g/mol. The average molecular weight is 277 g/mol. The molecule has 1 amide bonds. The summed E-state index contributed by atoms with van der Waals surface area (Å²) < 4.78 is 9.84. The second kappa shape index (κ2) is 5.94. The summed E-state index contributed by atoms with van der Waals surface area (Å²) >= 11 is 0. The van der Waals surface area contributed by atoms with Gasteiger partial charge >= 0.3 is 5.97 Å². The number of carbonyl (C=O) groups excluding carboxylic acids is 2. The number of amides is 1. The fourth-order valence-electron chi connectivity index (χ4n) is 2.51. The molecule has 0 N–H and O–H groups in total. The van der Waals surface area contributed by atoms with Crippen LogP contribution in [0.1, 0.15) is 17.3 Å². The highest BCUT2D eigenvalue weighted by molar-refractivity contribution is 5.95. The third-order valence-corrected chi connectivity index (χ3v) is 3.74. The van der Waals surface area contributed by atoms with Crippen molar-refractivity contribution in [1.82, 2.24) is 4.90 Å². The first-order valence-corrected chi connectivity index (χ1v) is 6.58. The van der Waals surface area contributed by atoms with E-state index in [0.29, 0.717) is 24.4 Å². The van der Waals surface area contributed by atoms with Crippen LogP contribution in [0.5, 0.6) is 5.75 Å². The maximum absolute atomic E-state index is 12.4. The molecule has 1 heterocycles. The van der Waals surface area contributed by atoms with Gasteiger partial charge in [-0.2, -0.15) is 0 Å². The number of rotatable bonds is 3. The van der Waals surface area contributed by atoms with Gasteiger partial charge < -0.3 is 14.4 Å². The first kappa shape index (κ1) is 14.4. The van der Waals surface area contributed by atoms with Gasteiger partial charge in [-0.1, -0.05) is 6.92 Å². The molecular formula is C15H19NO4. The summed E-state index contributed by atoms with van der Waals surface area (Å²) in [5.74, 6) is 0.282. The number of methoxy groups -OCH3 is 2. The lowest BCUT2D eigenvalue weighted by molar-refractivity contribution is -0.146. The van der Waals surface area contributed by atoms with Crippen LogP contribution in [0.15, 0.2) is 24.3 Å². The van der Waals surface area contributed by atoms with Gasteiger partial charge in [-0.25, -0.2) is 0 Å². The van der Waals surface area contributed by atoms with Gasteiger partial charge in [-0.3, -0.25) is 9.59 Å². The minimum atomic E-state index is -0.248. The van der Waals surface area contributed by atoms with Gasteiger partial charge in [-0.15, -0.1) is 0 Å². The summed E-state index contributed by atoms with van der Waals surface area (Å²) in [5, 5.41) is 0. The Hall–Kier alpha value is -2.04. The lowest BCUT2D eigenvalue weighted by atomic mass is 9.99. The molecule has 0 saturated carbocycles. The third-order valence-electron chi connectivity index (χ3n) is 3.74. The molecule has 0 aromatic heterocycles. The minimum absolute atomic E-state index is 0.0640. The zero-order valence-corrected chi connectivity index (χ0v) is 12.0. The van der Waals surface area contributed by atoms with E-state index in [1.54, 1.807) is 36.3 Å². The van der Waals surface area contributed by atoms with Gasteiger partial charge in [0.1, 0.15) is 5.75 Å². The van der Waals surface area contributed by atoms with Crippen LogP contribution < -0.4 is 4.74 Å². The first-order valence-electron chi connectivity index (χ1n) is 6.58. The fourth-order valence-corrected chi connectivity index (χ4v) is 2.51. The van der Waals surface area contributed by atoms with Crippen molar-refractivity contribution in [2.45, 2.75) is 6.92 Å². The molecule has 2 atom stereocenters. The van der Waals surface area contributed by atoms with Crippen LogP contribution in [-0.2, 0) is 9.53 Å². The number of carbonyl (C=O) groups is 2. The van der Waals surface area contributed by atoms with Gasteiger partial charge in [0.15, 0.2) is 0 Å². The van der Waals surface area contributed by atoms with E-state index in [-0.39, 0.29) is 23.7 Å². The minimum Gasteiger partial charge on any atom is -0.497 e. The summed E-state index contributed by atoms with van der Waals surface area (Å²) in [6.07, 6.45) is 0. The maximum atomic E-state index is 12.4. The first-order chi connectivity index (χ1) is 9.56. The Bertz CT molecular complexity index is 497. The van der Waals surface area contributed by atoms with Crippen molar-refractivity contribution >= 4 is 11.9 Å². The van der Waals surface area contributed by atoms with Gasteiger partial charge in [0.05, 0.1) is 20.1 Å². The Morgan fingerprint density at radius 1 is 1.15 bits per heavy atom. The molecule has 1 fully saturated rings. The van der Waals surface area contributed by atoms with E-state index in [1.165, 1.54) is 7.11 Å². The van der Waals surface area contributed by atoms with E-state index in [0.717, 1.165) is 0 Å². The predicted molar refractivity (Wildman–Crippen MR) is 73.6 cm³/mol. The molecule has 20 heavy (non-hydrogen) atoms. The van der Waals surface area contributed by atoms with Gasteiger partial charge in [-0.05, 0) is 30.2 Å². The highest BCUT2D eigenvalue weighted by Crippen LogP contribution is 2.25. The van der Waals surface area contributed by atoms with E-state index in [4.69, 9.17) is 9.47 Å². The fraction of sp³-hybridized carbons (Fsp3) is 0.467. The van der Waals surface area contributed by atoms with Crippen LogP contribution in [0.3, 0.4) is 0 Å². The van der Waals surface area contributed by atoms with Crippen molar-refractivity contribution < 1.29 is 19.1 Å². The largest absolute Gasteiger partial charge is 0.497 e. The topological polar surface area (TPSA) is 55.8 Å². The highest BCUT2D eigenvalue weighted by atomic mass is 16.5. The molecule has 1 aromatic carbocycles. The molecule has 0 bridgehead atoms. The molecule has 1 saturated heterocycles. The SMILES string of the molecule is COC(=O)C1CN(C(=O)c2ccc(OC)cc2)CC1C. The van der Waals surface area contributed by atoms with Crippen molar-refractivity contribution in [2.75, 3.05) is 27.3 Å². The standard InChI is InChI=1S/C15H19NO4/c1-10-8-16(9-13(10)15(18)20-3)14(17)11-4-6-12(19-2)7-5-11/h4-7,10,13H,8-9H2,1-3H3. The monoisotopic (exact) mass is 277 g/mol. The smallest absolute Gasteiger partial charge is 0.310 e. The number of hydrogen-bond acceptors (Lipinski definition) is 4. The van der Waals surface area contributed by atoms with Crippen LogP contribution in [-0.4, -0.2) is 44.1 Å². The second-order valence-corrected chi connectivity index (χ2v) is 5.05. The molecule has 0 spiro atoms. The molecule has 2 unspecified atom stereocenters. The summed E-state index contributed by atoms with van der Waals surface area (Å²) in [7, 11) is 2.96. The van der Waals surface area contributed by atoms with Crippen molar-refractivity contribution in [3.8, 4) is 5.75 Å². The summed E-state index contributed by atoms with van der Waals surface area (Å²) in [6, 6.07) is 6.98.